The maximum absolute atomic E-state index is 16.2. The van der Waals surface area contributed by atoms with Gasteiger partial charge in [0.25, 0.3) is 11.5 Å². The smallest absolute Gasteiger partial charge is 0.257 e. The number of likely N-dealkylation sites (tertiary alicyclic amines) is 1. The zero-order valence-corrected chi connectivity index (χ0v) is 43.4. The molecule has 11 rings (SSSR count). The lowest BCUT2D eigenvalue weighted by atomic mass is 9.92. The van der Waals surface area contributed by atoms with Crippen LogP contribution in [0.2, 0.25) is 0 Å². The van der Waals surface area contributed by atoms with Crippen molar-refractivity contribution < 1.29 is 28.3 Å². The van der Waals surface area contributed by atoms with Crippen LogP contribution in [0.15, 0.2) is 71.8 Å². The summed E-state index contributed by atoms with van der Waals surface area (Å²) in [5.41, 5.74) is 8.12. The van der Waals surface area contributed by atoms with Crippen LogP contribution >= 0.6 is 0 Å². The molecule has 1 saturated carbocycles. The number of nitrogens with zero attached hydrogens (tertiary/aromatic N) is 8. The highest BCUT2D eigenvalue weighted by Gasteiger charge is 2.61. The number of hydrogen-bond acceptors (Lipinski definition) is 11. The number of benzene rings is 2. The summed E-state index contributed by atoms with van der Waals surface area (Å²) in [6, 6.07) is 14.8. The maximum Gasteiger partial charge on any atom is 0.257 e. The molecule has 17 heteroatoms. The number of aromatic nitrogens is 3. The van der Waals surface area contributed by atoms with E-state index < -0.39 is 11.5 Å². The summed E-state index contributed by atoms with van der Waals surface area (Å²) in [5, 5.41) is 6.30. The van der Waals surface area contributed by atoms with Crippen LogP contribution in [0.5, 0.6) is 5.75 Å². The Morgan fingerprint density at radius 1 is 0.973 bits per heavy atom. The van der Waals surface area contributed by atoms with Gasteiger partial charge in [-0.15, -0.1) is 0 Å². The van der Waals surface area contributed by atoms with Gasteiger partial charge in [-0.1, -0.05) is 18.2 Å². The van der Waals surface area contributed by atoms with Gasteiger partial charge in [-0.05, 0) is 118 Å². The fraction of sp³-hybridized carbons (Fsp3) is 0.474. The highest BCUT2D eigenvalue weighted by molar-refractivity contribution is 6.15. The van der Waals surface area contributed by atoms with Gasteiger partial charge < -0.3 is 19.5 Å². The van der Waals surface area contributed by atoms with Crippen molar-refractivity contribution in [2.75, 3.05) is 76.7 Å². The zero-order chi connectivity index (χ0) is 51.7. The first-order valence-electron chi connectivity index (χ1n) is 26.4. The molecule has 6 aliphatic rings. The van der Waals surface area contributed by atoms with Crippen molar-refractivity contribution in [1.29, 1.82) is 0 Å². The first-order valence-corrected chi connectivity index (χ1v) is 26.4. The molecule has 1 spiro atoms. The Bertz CT molecular complexity index is 3160. The lowest BCUT2D eigenvalue weighted by molar-refractivity contribution is -0.135. The molecule has 74 heavy (non-hydrogen) atoms. The SMILES string of the molecule is CNc1cc(=O)n(-c2ccnc3c2cc([C@H](C)N2CC=C(c4c(C)cc(C(=O)N5CCC(CN6CCN(Cc7ccc8c(c7)C7(CC7)C(=O)N8C7CCC(=O)NC7=O)C[C@@H]6C)CC5)cc4F)CC2)n3C)cc1OC. The number of pyridine rings is 2. The molecule has 8 heterocycles. The highest BCUT2D eigenvalue weighted by Crippen LogP contribution is 2.58. The van der Waals surface area contributed by atoms with Crippen molar-refractivity contribution in [2.45, 2.75) is 95.8 Å². The van der Waals surface area contributed by atoms with Crippen molar-refractivity contribution >= 4 is 51.6 Å². The van der Waals surface area contributed by atoms with Gasteiger partial charge in [0, 0.05) is 132 Å². The number of methoxy groups -OCH3 is 1. The van der Waals surface area contributed by atoms with Crippen LogP contribution in [-0.2, 0) is 33.4 Å². The largest absolute Gasteiger partial charge is 0.493 e. The Hall–Kier alpha value is -6.69. The minimum atomic E-state index is -0.649. The van der Waals surface area contributed by atoms with Gasteiger partial charge in [-0.2, -0.15) is 0 Å². The van der Waals surface area contributed by atoms with Crippen LogP contribution in [-0.4, -0.2) is 136 Å². The molecular weight excluding hydrogens is 940 g/mol. The molecule has 388 valence electrons. The number of nitrogens with one attached hydrogen (secondary N) is 2. The van der Waals surface area contributed by atoms with E-state index in [9.17, 15) is 24.0 Å². The minimum absolute atomic E-state index is 0.00361. The van der Waals surface area contributed by atoms with Gasteiger partial charge in [0.2, 0.25) is 17.7 Å². The number of amides is 4. The molecule has 2 N–H and O–H groups in total. The third-order valence-electron chi connectivity index (χ3n) is 17.2. The molecule has 3 atom stereocenters. The summed E-state index contributed by atoms with van der Waals surface area (Å²) in [4.78, 5) is 81.2. The van der Waals surface area contributed by atoms with E-state index in [4.69, 9.17) is 4.74 Å². The topological polar surface area (TPSA) is 158 Å². The van der Waals surface area contributed by atoms with Crippen molar-refractivity contribution in [2.24, 2.45) is 13.0 Å². The first-order chi connectivity index (χ1) is 35.7. The maximum atomic E-state index is 16.2. The average Bonchev–Trinajstić information content (AvgIpc) is 4.12. The third-order valence-corrected chi connectivity index (χ3v) is 17.2. The summed E-state index contributed by atoms with van der Waals surface area (Å²) in [7, 11) is 5.32. The number of aryl methyl sites for hydroxylation is 2. The van der Waals surface area contributed by atoms with Crippen LogP contribution in [0.4, 0.5) is 15.8 Å². The van der Waals surface area contributed by atoms with E-state index in [2.05, 4.69) is 73.0 Å². The second-order valence-corrected chi connectivity index (χ2v) is 21.6. The minimum Gasteiger partial charge on any atom is -0.493 e. The van der Waals surface area contributed by atoms with E-state index in [0.29, 0.717) is 72.7 Å². The molecule has 3 aromatic heterocycles. The lowest BCUT2D eigenvalue weighted by Crippen LogP contribution is -2.54. The van der Waals surface area contributed by atoms with Crippen molar-refractivity contribution in [3.63, 3.8) is 0 Å². The monoisotopic (exact) mass is 1010 g/mol. The van der Waals surface area contributed by atoms with Gasteiger partial charge in [0.15, 0.2) is 5.75 Å². The van der Waals surface area contributed by atoms with E-state index in [-0.39, 0.29) is 47.5 Å². The van der Waals surface area contributed by atoms with E-state index in [1.807, 2.05) is 37.1 Å². The second kappa shape index (κ2) is 19.5. The Kier molecular flexibility index (Phi) is 13.1. The standard InChI is InChI=1S/C57H67FN10O6/c1-34-25-40(27-43(58)52(34)39-14-21-64(22-15-39)36(3)48-28-41-45(11-18-60-53(41)62(48)5)67-33-49(74-6)44(59-4)29-51(67)70)55(72)65-19-12-37(13-20-65)32-66-24-23-63(30-35(66)2)31-38-7-8-46-42(26-38)57(16-17-57)56(73)68(46)47-9-10-50(69)61-54(47)71/h7-8,11,14,18,25-29,33,35-37,47,59H,9-10,12-13,15-17,19-24,30-32H2,1-6H3,(H,61,69,71)/t35-,36-,47?/m0/s1. The van der Waals surface area contributed by atoms with E-state index in [1.54, 1.807) is 36.0 Å². The number of ether oxygens (including phenoxy) is 1. The first kappa shape index (κ1) is 49.5. The normalized spacial score (nSPS) is 22.0. The fourth-order valence-corrected chi connectivity index (χ4v) is 12.8. The second-order valence-electron chi connectivity index (χ2n) is 21.6. The van der Waals surface area contributed by atoms with Crippen LogP contribution in [0.25, 0.3) is 22.3 Å². The number of piperidine rings is 2. The number of rotatable bonds is 12. The summed E-state index contributed by atoms with van der Waals surface area (Å²) in [5.74, 6) is -0.132. The number of halogens is 1. The number of imide groups is 1. The quantitative estimate of drug-likeness (QED) is 0.135. The zero-order valence-electron chi connectivity index (χ0n) is 43.4. The molecular formula is C57H67FN10O6. The van der Waals surface area contributed by atoms with Gasteiger partial charge in [0.05, 0.1) is 30.1 Å². The summed E-state index contributed by atoms with van der Waals surface area (Å²) < 4.78 is 25.4. The summed E-state index contributed by atoms with van der Waals surface area (Å²) in [6.45, 7) is 13.6. The van der Waals surface area contributed by atoms with Gasteiger partial charge in [0.1, 0.15) is 17.5 Å². The highest BCUT2D eigenvalue weighted by atomic mass is 19.1. The van der Waals surface area contributed by atoms with E-state index in [0.717, 1.165) is 104 Å². The molecule has 1 unspecified atom stereocenters. The Morgan fingerprint density at radius 3 is 2.46 bits per heavy atom. The van der Waals surface area contributed by atoms with Crippen molar-refractivity contribution in [3.8, 4) is 11.4 Å². The predicted octanol–water partition coefficient (Wildman–Crippen LogP) is 6.31. The predicted molar refractivity (Wildman–Crippen MR) is 282 cm³/mol. The molecule has 0 bridgehead atoms. The third kappa shape index (κ3) is 8.79. The fourth-order valence-electron chi connectivity index (χ4n) is 12.8. The van der Waals surface area contributed by atoms with Crippen molar-refractivity contribution in [3.05, 3.63) is 117 Å². The molecule has 4 fully saturated rings. The number of carbonyl (C=O) groups is 4. The summed E-state index contributed by atoms with van der Waals surface area (Å²) in [6.07, 6.45) is 10.1. The molecule has 5 aliphatic heterocycles. The van der Waals surface area contributed by atoms with Crippen molar-refractivity contribution in [1.82, 2.24) is 39.0 Å². The number of hydrogen-bond donors (Lipinski definition) is 2. The molecule has 0 radical (unpaired) electrons. The van der Waals surface area contributed by atoms with Crippen LogP contribution in [0.3, 0.4) is 0 Å². The van der Waals surface area contributed by atoms with E-state index >= 15 is 4.39 Å². The average molecular weight is 1010 g/mol. The number of piperazine rings is 1. The van der Waals surface area contributed by atoms with Gasteiger partial charge in [-0.3, -0.25) is 53.5 Å². The van der Waals surface area contributed by atoms with Crippen LogP contribution < -0.4 is 25.8 Å². The Labute approximate surface area is 431 Å². The molecule has 2 aromatic carbocycles. The number of anilines is 2. The molecule has 1 aliphatic carbocycles. The van der Waals surface area contributed by atoms with E-state index in [1.165, 1.54) is 17.7 Å². The van der Waals surface area contributed by atoms with Crippen LogP contribution in [0, 0.1) is 18.7 Å². The summed E-state index contributed by atoms with van der Waals surface area (Å²) >= 11 is 0. The molecule has 5 aromatic rings. The number of fused-ring (bicyclic) bond motifs is 3. The van der Waals surface area contributed by atoms with Crippen LogP contribution in [0.1, 0.15) is 103 Å². The lowest BCUT2D eigenvalue weighted by Gasteiger charge is -2.42. The molecule has 3 saturated heterocycles. The Morgan fingerprint density at radius 2 is 1.77 bits per heavy atom. The van der Waals surface area contributed by atoms with Gasteiger partial charge in [-0.25, -0.2) is 9.37 Å². The van der Waals surface area contributed by atoms with Gasteiger partial charge >= 0.3 is 0 Å². The Balaban J connectivity index is 0.675. The molecule has 4 amide bonds. The number of carbonyl (C=O) groups excluding carboxylic acids is 4. The molecule has 16 nitrogen and oxygen atoms in total.